The molecule has 0 atom stereocenters. The minimum Gasteiger partial charge on any atom is -0.464 e. The summed E-state index contributed by atoms with van der Waals surface area (Å²) in [5.74, 6) is -0.839. The lowest BCUT2D eigenvalue weighted by atomic mass is 10.1. The topological polar surface area (TPSA) is 120 Å². The molecule has 44 heavy (non-hydrogen) atoms. The molecule has 5 aromatic rings. The van der Waals surface area contributed by atoms with Crippen LogP contribution in [0.3, 0.4) is 0 Å². The summed E-state index contributed by atoms with van der Waals surface area (Å²) in [5.41, 5.74) is 1.98. The molecule has 228 valence electrons. The first-order chi connectivity index (χ1) is 20.9. The number of carboxylic acid groups (broad SMARTS) is 1. The molecule has 12 heteroatoms. The molecule has 3 heterocycles. The third-order valence-electron chi connectivity index (χ3n) is 7.33. The van der Waals surface area contributed by atoms with Gasteiger partial charge in [0, 0.05) is 32.0 Å². The standard InChI is InChI=1S/C32H34FN5O5Si/c1-21-27(35-30(39)24-17-34-36(19-24)18-22-8-7-10-25(33)14-22)16-26(31(40)37(21)20-43-12-13-44(2,3)4)29-15-23-9-5-6-11-28(23)38(29)32(41)42/h5-11,14-17,19H,12-13,18,20H2,1-4H3,(H,35,39)(H,41,42). The van der Waals surface area contributed by atoms with Gasteiger partial charge in [-0.3, -0.25) is 18.8 Å². The van der Waals surface area contributed by atoms with Crippen LogP contribution in [0.15, 0.2) is 77.9 Å². The summed E-state index contributed by atoms with van der Waals surface area (Å²) < 4.78 is 23.5. The number of anilines is 1. The van der Waals surface area contributed by atoms with Crippen molar-refractivity contribution in [2.24, 2.45) is 0 Å². The molecule has 1 amide bonds. The van der Waals surface area contributed by atoms with Gasteiger partial charge in [-0.25, -0.2) is 13.8 Å². The number of aromatic nitrogens is 4. The first-order valence-corrected chi connectivity index (χ1v) is 17.9. The second-order valence-corrected chi connectivity index (χ2v) is 17.5. The molecule has 10 nitrogen and oxygen atoms in total. The van der Waals surface area contributed by atoms with Crippen molar-refractivity contribution in [2.45, 2.75) is 45.9 Å². The van der Waals surface area contributed by atoms with Crippen molar-refractivity contribution in [1.29, 1.82) is 0 Å². The van der Waals surface area contributed by atoms with E-state index in [4.69, 9.17) is 4.74 Å². The van der Waals surface area contributed by atoms with E-state index in [0.29, 0.717) is 34.5 Å². The lowest BCUT2D eigenvalue weighted by Gasteiger charge is -2.19. The van der Waals surface area contributed by atoms with E-state index >= 15 is 0 Å². The highest BCUT2D eigenvalue weighted by molar-refractivity contribution is 6.76. The number of ether oxygens (including phenoxy) is 1. The molecule has 0 saturated carbocycles. The van der Waals surface area contributed by atoms with Crippen LogP contribution in [0.2, 0.25) is 25.7 Å². The number of hydrogen-bond donors (Lipinski definition) is 2. The van der Waals surface area contributed by atoms with E-state index < -0.39 is 25.6 Å². The fourth-order valence-corrected chi connectivity index (χ4v) is 5.65. The maximum absolute atomic E-state index is 13.9. The predicted octanol–water partition coefficient (Wildman–Crippen LogP) is 6.25. The van der Waals surface area contributed by atoms with Gasteiger partial charge in [0.1, 0.15) is 12.5 Å². The zero-order chi connectivity index (χ0) is 31.6. The molecule has 0 unspecified atom stereocenters. The minimum absolute atomic E-state index is 0.0648. The first kappa shape index (κ1) is 30.6. The van der Waals surface area contributed by atoms with Gasteiger partial charge in [-0.1, -0.05) is 50.0 Å². The van der Waals surface area contributed by atoms with Crippen LogP contribution in [-0.4, -0.2) is 50.7 Å². The predicted molar refractivity (Wildman–Crippen MR) is 170 cm³/mol. The van der Waals surface area contributed by atoms with Crippen LogP contribution in [-0.2, 0) is 18.0 Å². The smallest absolute Gasteiger partial charge is 0.416 e. The Morgan fingerprint density at radius 3 is 2.57 bits per heavy atom. The van der Waals surface area contributed by atoms with Crippen LogP contribution in [0, 0.1) is 12.7 Å². The first-order valence-electron chi connectivity index (χ1n) is 14.2. The molecule has 0 aliphatic rings. The summed E-state index contributed by atoms with van der Waals surface area (Å²) in [6.07, 6.45) is 1.71. The highest BCUT2D eigenvalue weighted by atomic mass is 28.3. The van der Waals surface area contributed by atoms with Gasteiger partial charge in [0.2, 0.25) is 0 Å². The van der Waals surface area contributed by atoms with Crippen molar-refractivity contribution in [1.82, 2.24) is 18.9 Å². The summed E-state index contributed by atoms with van der Waals surface area (Å²) in [6, 6.07) is 17.1. The molecule has 2 N–H and O–H groups in total. The largest absolute Gasteiger partial charge is 0.464 e. The fraction of sp³-hybridized carbons (Fsp3) is 0.250. The number of nitrogens with one attached hydrogen (secondary N) is 1. The second kappa shape index (κ2) is 12.4. The molecule has 0 bridgehead atoms. The number of pyridine rings is 1. The van der Waals surface area contributed by atoms with E-state index in [1.165, 1.54) is 33.6 Å². The monoisotopic (exact) mass is 615 g/mol. The van der Waals surface area contributed by atoms with Crippen molar-refractivity contribution in [3.63, 3.8) is 0 Å². The van der Waals surface area contributed by atoms with Gasteiger partial charge in [-0.15, -0.1) is 0 Å². The molecule has 5 rings (SSSR count). The third-order valence-corrected chi connectivity index (χ3v) is 9.04. The number of halogens is 1. The number of rotatable bonds is 10. The van der Waals surface area contributed by atoms with Gasteiger partial charge < -0.3 is 15.2 Å². The molecule has 0 saturated heterocycles. The lowest BCUT2D eigenvalue weighted by Crippen LogP contribution is -2.29. The maximum Gasteiger partial charge on any atom is 0.416 e. The number of para-hydroxylation sites is 1. The molecule has 0 aliphatic carbocycles. The molecule has 0 spiro atoms. The summed E-state index contributed by atoms with van der Waals surface area (Å²) in [5, 5.41) is 17.9. The SMILES string of the molecule is Cc1c(NC(=O)c2cnn(Cc3cccc(F)c3)c2)cc(-c2cc3ccccc3n2C(=O)O)c(=O)n1COCC[Si](C)(C)C. The molecular formula is C32H34FN5O5Si. The molecule has 3 aromatic heterocycles. The quantitative estimate of drug-likeness (QED) is 0.142. The van der Waals surface area contributed by atoms with E-state index in [-0.39, 0.29) is 35.9 Å². The van der Waals surface area contributed by atoms with Crippen LogP contribution in [0.4, 0.5) is 14.9 Å². The van der Waals surface area contributed by atoms with Crippen LogP contribution in [0.25, 0.3) is 22.2 Å². The highest BCUT2D eigenvalue weighted by Gasteiger charge is 2.22. The van der Waals surface area contributed by atoms with E-state index in [1.54, 1.807) is 55.6 Å². The van der Waals surface area contributed by atoms with Crippen LogP contribution in [0.1, 0.15) is 21.6 Å². The second-order valence-electron chi connectivity index (χ2n) is 11.9. The van der Waals surface area contributed by atoms with Gasteiger partial charge in [-0.05, 0) is 48.9 Å². The Kier molecular flexibility index (Phi) is 8.65. The van der Waals surface area contributed by atoms with Gasteiger partial charge in [-0.2, -0.15) is 5.10 Å². The van der Waals surface area contributed by atoms with Crippen LogP contribution in [0.5, 0.6) is 0 Å². The van der Waals surface area contributed by atoms with Crippen molar-refractivity contribution in [3.8, 4) is 11.3 Å². The number of amides is 1. The Labute approximate surface area is 254 Å². The Morgan fingerprint density at radius 1 is 1.07 bits per heavy atom. The Morgan fingerprint density at radius 2 is 1.84 bits per heavy atom. The number of fused-ring (bicyclic) bond motifs is 1. The minimum atomic E-state index is -1.39. The summed E-state index contributed by atoms with van der Waals surface area (Å²) in [7, 11) is -1.39. The van der Waals surface area contributed by atoms with Gasteiger partial charge in [0.25, 0.3) is 11.5 Å². The molecular weight excluding hydrogens is 581 g/mol. The number of carbonyl (C=O) groups excluding carboxylic acids is 1. The maximum atomic E-state index is 13.9. The zero-order valence-electron chi connectivity index (χ0n) is 25.0. The Bertz CT molecular complexity index is 1920. The summed E-state index contributed by atoms with van der Waals surface area (Å²) >= 11 is 0. The normalized spacial score (nSPS) is 11.7. The number of carbonyl (C=O) groups is 2. The Balaban J connectivity index is 1.51. The molecule has 0 radical (unpaired) electrons. The van der Waals surface area contributed by atoms with Crippen molar-refractivity contribution in [3.05, 3.63) is 106 Å². The number of hydrogen-bond acceptors (Lipinski definition) is 5. The molecule has 0 aliphatic heterocycles. The zero-order valence-corrected chi connectivity index (χ0v) is 26.0. The van der Waals surface area contributed by atoms with Crippen LogP contribution >= 0.6 is 0 Å². The van der Waals surface area contributed by atoms with Crippen LogP contribution < -0.4 is 10.9 Å². The van der Waals surface area contributed by atoms with Gasteiger partial charge >= 0.3 is 6.09 Å². The number of benzene rings is 2. The lowest BCUT2D eigenvalue weighted by molar-refractivity contribution is 0.0835. The fourth-order valence-electron chi connectivity index (χ4n) is 4.90. The van der Waals surface area contributed by atoms with Crippen molar-refractivity contribution < 1.29 is 23.8 Å². The Hall–Kier alpha value is -4.81. The van der Waals surface area contributed by atoms with E-state index in [0.717, 1.165) is 10.6 Å². The summed E-state index contributed by atoms with van der Waals surface area (Å²) in [4.78, 5) is 39.6. The van der Waals surface area contributed by atoms with Crippen molar-refractivity contribution >= 4 is 36.7 Å². The number of nitrogens with zero attached hydrogens (tertiary/aromatic N) is 4. The highest BCUT2D eigenvalue weighted by Crippen LogP contribution is 2.29. The average molecular weight is 616 g/mol. The third kappa shape index (κ3) is 6.71. The molecule has 0 fully saturated rings. The molecule has 2 aromatic carbocycles. The van der Waals surface area contributed by atoms with E-state index in [2.05, 4.69) is 30.1 Å². The van der Waals surface area contributed by atoms with E-state index in [9.17, 15) is 23.9 Å². The van der Waals surface area contributed by atoms with E-state index in [1.807, 2.05) is 0 Å². The summed E-state index contributed by atoms with van der Waals surface area (Å²) in [6.45, 7) is 9.06. The van der Waals surface area contributed by atoms with Gasteiger partial charge in [0.05, 0.1) is 40.8 Å². The average Bonchev–Trinajstić information content (AvgIpc) is 3.58. The van der Waals surface area contributed by atoms with Crippen molar-refractivity contribution in [2.75, 3.05) is 11.9 Å². The van der Waals surface area contributed by atoms with Gasteiger partial charge in [0.15, 0.2) is 0 Å².